The minimum Gasteiger partial charge on any atom is -0.453 e. The van der Waals surface area contributed by atoms with Gasteiger partial charge in [0, 0.05) is 12.2 Å². The molecule has 256 valence electrons. The molecule has 0 spiro atoms. The van der Waals surface area contributed by atoms with Crippen molar-refractivity contribution in [2.45, 2.75) is 71.1 Å². The molecule has 0 aliphatic heterocycles. The first kappa shape index (κ1) is 36.6. The van der Waals surface area contributed by atoms with Gasteiger partial charge in [-0.05, 0) is 74.6 Å². The van der Waals surface area contributed by atoms with Gasteiger partial charge in [-0.25, -0.2) is 9.59 Å². The Morgan fingerprint density at radius 3 is 1.92 bits per heavy atom. The van der Waals surface area contributed by atoms with Gasteiger partial charge in [-0.3, -0.25) is 14.5 Å². The molecule has 0 aliphatic carbocycles. The van der Waals surface area contributed by atoms with Gasteiger partial charge in [0.25, 0.3) is 0 Å². The summed E-state index contributed by atoms with van der Waals surface area (Å²) in [6.07, 6.45) is 2.50. The lowest BCUT2D eigenvalue weighted by molar-refractivity contribution is -0.162. The first-order valence-electron chi connectivity index (χ1n) is 16.6. The van der Waals surface area contributed by atoms with Crippen LogP contribution in [0, 0.1) is 0 Å². The number of carbonyl (C=O) groups is 4. The highest BCUT2D eigenvalue weighted by molar-refractivity contribution is 6.40. The summed E-state index contributed by atoms with van der Waals surface area (Å²) in [6, 6.07) is 31.2. The lowest BCUT2D eigenvalue weighted by Gasteiger charge is -2.27. The molecule has 0 saturated heterocycles. The van der Waals surface area contributed by atoms with Crippen LogP contribution in [0.2, 0.25) is 0 Å². The Morgan fingerprint density at radius 1 is 0.776 bits per heavy atom. The maximum Gasteiger partial charge on any atom is 0.398 e. The quantitative estimate of drug-likeness (QED) is 0.0913. The van der Waals surface area contributed by atoms with E-state index in [2.05, 4.69) is 12.2 Å². The van der Waals surface area contributed by atoms with Crippen LogP contribution in [0.1, 0.15) is 80.1 Å². The second kappa shape index (κ2) is 17.2. The number of hydrogen-bond acceptors (Lipinski definition) is 7. The number of unbranched alkanes of at least 4 members (excludes halogenated alkanes) is 2. The van der Waals surface area contributed by atoms with E-state index >= 15 is 0 Å². The molecular formula is C40H45N3O6. The summed E-state index contributed by atoms with van der Waals surface area (Å²) in [5.74, 6) is -3.01. The standard InChI is InChI=1S/C40H45N3O6/c1-5-6-15-26-42-36(44)33(41)27-28-22-24-31(25-23-28)43(37(45)39(47)49-40(2,3)4)34-21-14-13-20-32(34)38(46)48-35(29-16-9-7-10-17-29)30-18-11-8-12-19-30/h7-14,16-25,33,35H,5-6,15,26-27,41H2,1-4H3,(H,42,44). The summed E-state index contributed by atoms with van der Waals surface area (Å²) in [4.78, 5) is 54.8. The fourth-order valence-electron chi connectivity index (χ4n) is 5.22. The molecule has 0 bridgehead atoms. The van der Waals surface area contributed by atoms with Crippen LogP contribution in [-0.4, -0.2) is 41.9 Å². The van der Waals surface area contributed by atoms with Crippen molar-refractivity contribution in [1.82, 2.24) is 5.32 Å². The number of esters is 2. The Hall–Kier alpha value is -5.28. The number of ether oxygens (including phenoxy) is 2. The Morgan fingerprint density at radius 2 is 1.35 bits per heavy atom. The van der Waals surface area contributed by atoms with Gasteiger partial charge in [0.05, 0.1) is 17.3 Å². The van der Waals surface area contributed by atoms with E-state index in [1.165, 1.54) is 0 Å². The summed E-state index contributed by atoms with van der Waals surface area (Å²) in [6.45, 7) is 7.66. The van der Waals surface area contributed by atoms with Gasteiger partial charge < -0.3 is 20.5 Å². The molecule has 1 unspecified atom stereocenters. The highest BCUT2D eigenvalue weighted by atomic mass is 16.6. The van der Waals surface area contributed by atoms with E-state index in [1.807, 2.05) is 60.7 Å². The number of para-hydroxylation sites is 1. The number of nitrogens with one attached hydrogen (secondary N) is 1. The van der Waals surface area contributed by atoms with Gasteiger partial charge in [-0.15, -0.1) is 0 Å². The molecule has 1 atom stereocenters. The van der Waals surface area contributed by atoms with E-state index in [0.717, 1.165) is 40.9 Å². The minimum absolute atomic E-state index is 0.0714. The number of nitrogens with two attached hydrogens (primary N) is 1. The van der Waals surface area contributed by atoms with E-state index in [4.69, 9.17) is 15.2 Å². The molecule has 9 heteroatoms. The molecule has 0 fully saturated rings. The van der Waals surface area contributed by atoms with Crippen molar-refractivity contribution in [3.8, 4) is 0 Å². The zero-order valence-corrected chi connectivity index (χ0v) is 28.6. The van der Waals surface area contributed by atoms with Crippen molar-refractivity contribution in [1.29, 1.82) is 0 Å². The second-order valence-corrected chi connectivity index (χ2v) is 12.7. The molecule has 0 saturated carbocycles. The van der Waals surface area contributed by atoms with Crippen molar-refractivity contribution in [3.05, 3.63) is 131 Å². The number of amides is 2. The van der Waals surface area contributed by atoms with Gasteiger partial charge in [-0.1, -0.05) is 105 Å². The van der Waals surface area contributed by atoms with Crippen LogP contribution in [0.5, 0.6) is 0 Å². The molecule has 0 aliphatic rings. The summed E-state index contributed by atoms with van der Waals surface area (Å²) >= 11 is 0. The van der Waals surface area contributed by atoms with Crippen LogP contribution in [0.25, 0.3) is 0 Å². The average Bonchev–Trinajstić information content (AvgIpc) is 3.10. The maximum atomic E-state index is 14.0. The summed E-state index contributed by atoms with van der Waals surface area (Å²) in [5.41, 5.74) is 8.06. The molecule has 49 heavy (non-hydrogen) atoms. The number of hydrogen-bond donors (Lipinski definition) is 2. The van der Waals surface area contributed by atoms with Crippen LogP contribution in [0.3, 0.4) is 0 Å². The number of benzene rings is 4. The Balaban J connectivity index is 1.67. The molecule has 0 heterocycles. The molecule has 4 aromatic rings. The van der Waals surface area contributed by atoms with E-state index < -0.39 is 35.6 Å². The SMILES string of the molecule is CCCCCNC(=O)C(N)Cc1ccc(N(C(=O)C(=O)OC(C)(C)C)c2ccccc2C(=O)OC(c2ccccc2)c2ccccc2)cc1. The lowest BCUT2D eigenvalue weighted by Crippen LogP contribution is -2.42. The fourth-order valence-corrected chi connectivity index (χ4v) is 5.22. The number of nitrogens with zero attached hydrogens (tertiary/aromatic N) is 1. The van der Waals surface area contributed by atoms with E-state index in [9.17, 15) is 19.2 Å². The zero-order chi connectivity index (χ0) is 35.4. The van der Waals surface area contributed by atoms with Crippen molar-refractivity contribution < 1.29 is 28.7 Å². The lowest BCUT2D eigenvalue weighted by atomic mass is 10.0. The third-order valence-electron chi connectivity index (χ3n) is 7.64. The Kier molecular flexibility index (Phi) is 12.8. The van der Waals surface area contributed by atoms with Crippen LogP contribution in [-0.2, 0) is 30.3 Å². The monoisotopic (exact) mass is 663 g/mol. The van der Waals surface area contributed by atoms with E-state index in [-0.39, 0.29) is 23.6 Å². The predicted octanol–water partition coefficient (Wildman–Crippen LogP) is 6.82. The predicted molar refractivity (Wildman–Crippen MR) is 190 cm³/mol. The molecule has 0 radical (unpaired) electrons. The van der Waals surface area contributed by atoms with Gasteiger partial charge in [0.1, 0.15) is 5.60 Å². The van der Waals surface area contributed by atoms with Gasteiger partial charge in [-0.2, -0.15) is 0 Å². The van der Waals surface area contributed by atoms with Gasteiger partial charge >= 0.3 is 17.8 Å². The normalized spacial score (nSPS) is 11.8. The first-order valence-corrected chi connectivity index (χ1v) is 16.6. The minimum atomic E-state index is -1.09. The number of rotatable bonds is 13. The molecular weight excluding hydrogens is 618 g/mol. The second-order valence-electron chi connectivity index (χ2n) is 12.7. The third kappa shape index (κ3) is 10.4. The molecule has 9 nitrogen and oxygen atoms in total. The van der Waals surface area contributed by atoms with Gasteiger partial charge in [0.15, 0.2) is 6.10 Å². The number of anilines is 2. The highest BCUT2D eigenvalue weighted by Crippen LogP contribution is 2.33. The highest BCUT2D eigenvalue weighted by Gasteiger charge is 2.33. The van der Waals surface area contributed by atoms with Crippen LogP contribution >= 0.6 is 0 Å². The van der Waals surface area contributed by atoms with Crippen molar-refractivity contribution in [2.24, 2.45) is 5.73 Å². The molecule has 4 aromatic carbocycles. The summed E-state index contributed by atoms with van der Waals surface area (Å²) < 4.78 is 11.6. The van der Waals surface area contributed by atoms with Crippen LogP contribution in [0.4, 0.5) is 11.4 Å². The van der Waals surface area contributed by atoms with Crippen LogP contribution < -0.4 is 16.0 Å². The summed E-state index contributed by atoms with van der Waals surface area (Å²) in [5, 5.41) is 2.87. The topological polar surface area (TPSA) is 128 Å². The fraction of sp³-hybridized carbons (Fsp3) is 0.300. The average molecular weight is 664 g/mol. The maximum absolute atomic E-state index is 14.0. The largest absolute Gasteiger partial charge is 0.453 e. The van der Waals surface area contributed by atoms with Crippen molar-refractivity contribution in [2.75, 3.05) is 11.4 Å². The van der Waals surface area contributed by atoms with E-state index in [1.54, 1.807) is 69.3 Å². The third-order valence-corrected chi connectivity index (χ3v) is 7.64. The summed E-state index contributed by atoms with van der Waals surface area (Å²) in [7, 11) is 0. The molecule has 3 N–H and O–H groups in total. The zero-order valence-electron chi connectivity index (χ0n) is 28.6. The van der Waals surface area contributed by atoms with Crippen molar-refractivity contribution in [3.63, 3.8) is 0 Å². The first-order chi connectivity index (χ1) is 23.5. The molecule has 2 amide bonds. The Bertz CT molecular complexity index is 1660. The molecule has 4 rings (SSSR count). The van der Waals surface area contributed by atoms with E-state index in [0.29, 0.717) is 12.2 Å². The Labute approximate surface area is 288 Å². The molecule has 0 aromatic heterocycles. The van der Waals surface area contributed by atoms with Crippen LogP contribution in [0.15, 0.2) is 109 Å². The number of carbonyl (C=O) groups excluding carboxylic acids is 4. The van der Waals surface area contributed by atoms with Crippen molar-refractivity contribution >= 4 is 35.1 Å². The van der Waals surface area contributed by atoms with Gasteiger partial charge in [0.2, 0.25) is 5.91 Å². The smallest absolute Gasteiger partial charge is 0.398 e.